The van der Waals surface area contributed by atoms with E-state index >= 15 is 0 Å². The van der Waals surface area contributed by atoms with Gasteiger partial charge in [-0.1, -0.05) is 0 Å². The van der Waals surface area contributed by atoms with Gasteiger partial charge < -0.3 is 53.2 Å². The number of nitrogens with one attached hydrogen (secondary N) is 4. The van der Waals surface area contributed by atoms with Gasteiger partial charge in [-0.05, 0) is 12.8 Å². The van der Waals surface area contributed by atoms with E-state index in [1.807, 2.05) is 0 Å². The van der Waals surface area contributed by atoms with Gasteiger partial charge in [-0.3, -0.25) is 38.4 Å². The summed E-state index contributed by atoms with van der Waals surface area (Å²) in [6.07, 6.45) is -0.470. The van der Waals surface area contributed by atoms with Crippen LogP contribution in [0.2, 0.25) is 0 Å². The zero-order chi connectivity index (χ0) is 31.4. The molecule has 0 unspecified atom stereocenters. The molecular weight excluding hydrogens is 687 g/mol. The molecule has 4 amide bonds. The van der Waals surface area contributed by atoms with Crippen molar-refractivity contribution in [2.45, 2.75) is 49.9 Å². The molecule has 0 saturated carbocycles. The van der Waals surface area contributed by atoms with Crippen molar-refractivity contribution in [1.29, 1.82) is 0 Å². The van der Waals surface area contributed by atoms with Crippen LogP contribution < -0.4 is 32.7 Å². The molecule has 0 aliphatic carbocycles. The molecule has 0 aliphatic heterocycles. The summed E-state index contributed by atoms with van der Waals surface area (Å²) in [6.45, 7) is -1.13. The Balaban J connectivity index is -0.000000688. The first-order valence-corrected chi connectivity index (χ1v) is 12.6. The Bertz CT molecular complexity index is 857. The average Bonchev–Trinajstić information content (AvgIpc) is 2.89. The molecule has 4 atom stereocenters. The molecule has 41 heavy (non-hydrogen) atoms. The van der Waals surface area contributed by atoms with Gasteiger partial charge in [-0.25, -0.2) is 0 Å². The van der Waals surface area contributed by atoms with Crippen molar-refractivity contribution in [1.82, 2.24) is 21.3 Å². The molecule has 12 N–H and O–H groups in total. The third-order valence-electron chi connectivity index (χ3n) is 4.50. The Kier molecular flexibility index (Phi) is 24.6. The number of hydrogen-bond acceptors (Lipinski definition) is 12. The van der Waals surface area contributed by atoms with Crippen LogP contribution in [0, 0.1) is 0 Å². The summed E-state index contributed by atoms with van der Waals surface area (Å²) in [6, 6.07) is -4.30. The Morgan fingerprint density at radius 3 is 1.12 bits per heavy atom. The van der Waals surface area contributed by atoms with E-state index < -0.39 is 84.8 Å². The molecule has 21 heteroatoms. The number of carbonyl (C=O) groups is 8. The van der Waals surface area contributed by atoms with Gasteiger partial charge in [0, 0.05) is 44.8 Å². The minimum Gasteiger partial charge on any atom is -0.480 e. The maximum Gasteiger partial charge on any atom is 0.322 e. The molecule has 18 nitrogen and oxygen atoms in total. The van der Waals surface area contributed by atoms with Crippen LogP contribution in [0.25, 0.3) is 0 Å². The van der Waals surface area contributed by atoms with E-state index in [0.717, 1.165) is 0 Å². The molecule has 0 aromatic rings. The average molecular weight is 721 g/mol. The van der Waals surface area contributed by atoms with E-state index in [1.165, 1.54) is 0 Å². The van der Waals surface area contributed by atoms with E-state index in [0.29, 0.717) is 0 Å². The summed E-state index contributed by atoms with van der Waals surface area (Å²) >= 11 is 7.75. The fraction of sp³-hybridized carbons (Fsp3) is 0.600. The SMILES string of the molecule is N[C@@H](CCC(=O)N[C@@H](CS)C(=O)NCC(=O)O)C(=O)O.N[C@@H](CCC(=O)N[C@@H](CS)C(=O)NCC(=O)O)C(=O)O.[Pd]. The van der Waals surface area contributed by atoms with Crippen LogP contribution in [0.15, 0.2) is 0 Å². The molecule has 238 valence electrons. The summed E-state index contributed by atoms with van der Waals surface area (Å²) in [7, 11) is 0. The predicted octanol–water partition coefficient (Wildman–Crippen LogP) is -4.41. The van der Waals surface area contributed by atoms with E-state index in [9.17, 15) is 38.4 Å². The summed E-state index contributed by atoms with van der Waals surface area (Å²) in [5.74, 6) is -7.41. The maximum atomic E-state index is 11.5. The fourth-order valence-corrected chi connectivity index (χ4v) is 2.83. The van der Waals surface area contributed by atoms with Crippen LogP contribution in [-0.2, 0) is 58.8 Å². The molecule has 0 aromatic heterocycles. The van der Waals surface area contributed by atoms with E-state index in [1.54, 1.807) is 0 Å². The van der Waals surface area contributed by atoms with E-state index in [2.05, 4.69) is 46.5 Å². The number of rotatable bonds is 18. The second kappa shape index (κ2) is 23.7. The van der Waals surface area contributed by atoms with Gasteiger partial charge in [0.2, 0.25) is 23.6 Å². The molecule has 0 radical (unpaired) electrons. The topological polar surface area (TPSA) is 318 Å². The summed E-state index contributed by atoms with van der Waals surface area (Å²) < 4.78 is 0. The van der Waals surface area contributed by atoms with Gasteiger partial charge in [0.1, 0.15) is 37.3 Å². The molecule has 0 saturated heterocycles. The van der Waals surface area contributed by atoms with Gasteiger partial charge in [-0.2, -0.15) is 25.3 Å². The van der Waals surface area contributed by atoms with E-state index in [-0.39, 0.29) is 57.6 Å². The van der Waals surface area contributed by atoms with Crippen LogP contribution in [0.5, 0.6) is 0 Å². The quantitative estimate of drug-likeness (QED) is 0.0470. The Labute approximate surface area is 258 Å². The monoisotopic (exact) mass is 720 g/mol. The second-order valence-corrected chi connectivity index (χ2v) is 8.53. The first-order chi connectivity index (χ1) is 18.5. The first kappa shape index (κ1) is 42.5. The van der Waals surface area contributed by atoms with Crippen molar-refractivity contribution >= 4 is 72.8 Å². The standard InChI is InChI=1S/2C10H17N3O6S.Pd/c2*11-5(10(18)19)1-2-7(14)13-6(4-20)9(17)12-3-8(15)16;/h2*5-6,20H,1-4,11H2,(H,12,17)(H,13,14)(H,15,16)(H,18,19);/t2*5-,6-;/m00./s1. The van der Waals surface area contributed by atoms with Gasteiger partial charge in [0.15, 0.2) is 0 Å². The number of aliphatic carboxylic acids is 4. The van der Waals surface area contributed by atoms with Gasteiger partial charge in [-0.15, -0.1) is 0 Å². The summed E-state index contributed by atoms with van der Waals surface area (Å²) in [5.41, 5.74) is 10.5. The number of amides is 4. The number of nitrogens with two attached hydrogens (primary N) is 2. The second-order valence-electron chi connectivity index (χ2n) is 7.80. The molecule has 0 rings (SSSR count). The number of thiol groups is 2. The third-order valence-corrected chi connectivity index (χ3v) is 5.23. The summed E-state index contributed by atoms with van der Waals surface area (Å²) in [5, 5.41) is 42.7. The minimum absolute atomic E-state index is 0. The van der Waals surface area contributed by atoms with Crippen LogP contribution in [0.4, 0.5) is 0 Å². The van der Waals surface area contributed by atoms with Crippen LogP contribution >= 0.6 is 25.3 Å². The van der Waals surface area contributed by atoms with Crippen molar-refractivity contribution in [2.24, 2.45) is 11.5 Å². The molecule has 0 spiro atoms. The molecule has 0 fully saturated rings. The normalized spacial score (nSPS) is 12.8. The zero-order valence-corrected chi connectivity index (χ0v) is 24.7. The van der Waals surface area contributed by atoms with Crippen molar-refractivity contribution in [3.05, 3.63) is 0 Å². The van der Waals surface area contributed by atoms with Gasteiger partial charge >= 0.3 is 23.9 Å². The molecule has 0 aliphatic rings. The van der Waals surface area contributed by atoms with Crippen LogP contribution in [0.1, 0.15) is 25.7 Å². The zero-order valence-electron chi connectivity index (χ0n) is 21.4. The fourth-order valence-electron chi connectivity index (χ4n) is 2.31. The largest absolute Gasteiger partial charge is 0.480 e. The Morgan fingerprint density at radius 1 is 0.610 bits per heavy atom. The van der Waals surface area contributed by atoms with E-state index in [4.69, 9.17) is 31.9 Å². The maximum absolute atomic E-state index is 11.5. The summed E-state index contributed by atoms with van der Waals surface area (Å²) in [4.78, 5) is 87.5. The number of hydrogen-bond donors (Lipinski definition) is 12. The third kappa shape index (κ3) is 22.4. The molecule has 0 aromatic carbocycles. The van der Waals surface area contributed by atoms with Gasteiger partial charge in [0.25, 0.3) is 0 Å². The number of carboxylic acids is 4. The Hall–Kier alpha value is -2.96. The predicted molar refractivity (Wildman–Crippen MR) is 143 cm³/mol. The molecule has 0 heterocycles. The number of carboxylic acid groups (broad SMARTS) is 4. The molecule has 0 bridgehead atoms. The van der Waals surface area contributed by atoms with Crippen LogP contribution in [-0.4, -0.2) is 117 Å². The smallest absolute Gasteiger partial charge is 0.322 e. The van der Waals surface area contributed by atoms with Crippen molar-refractivity contribution in [3.8, 4) is 0 Å². The van der Waals surface area contributed by atoms with Crippen LogP contribution in [0.3, 0.4) is 0 Å². The van der Waals surface area contributed by atoms with Crippen molar-refractivity contribution in [2.75, 3.05) is 24.6 Å². The first-order valence-electron chi connectivity index (χ1n) is 11.3. The minimum atomic E-state index is -1.22. The van der Waals surface area contributed by atoms with Crippen molar-refractivity contribution < 1.29 is 79.2 Å². The van der Waals surface area contributed by atoms with Gasteiger partial charge in [0.05, 0.1) is 0 Å². The van der Waals surface area contributed by atoms with Crippen molar-refractivity contribution in [3.63, 3.8) is 0 Å². The molecular formula is C20H34N6O12PdS2. The Morgan fingerprint density at radius 2 is 0.902 bits per heavy atom. The number of carbonyl (C=O) groups excluding carboxylic acids is 4.